The van der Waals surface area contributed by atoms with Gasteiger partial charge in [0.15, 0.2) is 5.82 Å². The lowest BCUT2D eigenvalue weighted by molar-refractivity contribution is 0.143. The van der Waals surface area contributed by atoms with Crippen molar-refractivity contribution in [2.45, 2.75) is 32.2 Å². The molecule has 0 bridgehead atoms. The number of nitrogens with zero attached hydrogens (tertiary/aromatic N) is 4. The van der Waals surface area contributed by atoms with Crippen molar-refractivity contribution >= 4 is 6.03 Å². The predicted octanol–water partition coefficient (Wildman–Crippen LogP) is 1.89. The van der Waals surface area contributed by atoms with E-state index in [1.807, 2.05) is 6.07 Å². The number of amides is 2. The van der Waals surface area contributed by atoms with E-state index in [9.17, 15) is 4.79 Å². The Kier molecular flexibility index (Phi) is 6.59. The number of carbonyl (C=O) groups is 1. The van der Waals surface area contributed by atoms with Gasteiger partial charge in [0.1, 0.15) is 6.61 Å². The predicted molar refractivity (Wildman–Crippen MR) is 96.4 cm³/mol. The lowest BCUT2D eigenvalue weighted by Gasteiger charge is -2.31. The number of likely N-dealkylation sites (tertiary alicyclic amines) is 1. The van der Waals surface area contributed by atoms with Gasteiger partial charge in [0, 0.05) is 39.0 Å². The molecule has 0 radical (unpaired) electrons. The average molecular weight is 375 g/mol. The van der Waals surface area contributed by atoms with Gasteiger partial charge in [-0.2, -0.15) is 4.98 Å². The number of hydrogen-bond donors (Lipinski definition) is 1. The Labute approximate surface area is 158 Å². The standard InChI is InChI=1S/C18H25N5O4/c1-13-21-17(27-22-13)15-4-3-7-23(12-15)18(24)20-11-14-5-6-16(19-10-14)26-9-8-25-2/h5-6,10,15H,3-4,7-9,11-12H2,1-2H3,(H,20,24)/t15-/m0/s1. The summed E-state index contributed by atoms with van der Waals surface area (Å²) in [5.41, 5.74) is 0.906. The molecule has 2 aromatic heterocycles. The summed E-state index contributed by atoms with van der Waals surface area (Å²) in [7, 11) is 1.62. The van der Waals surface area contributed by atoms with Crippen LogP contribution >= 0.6 is 0 Å². The normalized spacial score (nSPS) is 17.0. The minimum Gasteiger partial charge on any atom is -0.475 e. The number of carbonyl (C=O) groups excluding carboxylic acids is 1. The van der Waals surface area contributed by atoms with Crippen LogP contribution < -0.4 is 10.1 Å². The fourth-order valence-corrected chi connectivity index (χ4v) is 2.96. The van der Waals surface area contributed by atoms with Gasteiger partial charge in [0.2, 0.25) is 11.8 Å². The van der Waals surface area contributed by atoms with Crippen molar-refractivity contribution in [2.24, 2.45) is 0 Å². The smallest absolute Gasteiger partial charge is 0.317 e. The molecule has 1 aliphatic heterocycles. The van der Waals surface area contributed by atoms with Crippen LogP contribution in [0, 0.1) is 6.92 Å². The maximum absolute atomic E-state index is 12.5. The monoisotopic (exact) mass is 375 g/mol. The molecule has 0 saturated carbocycles. The van der Waals surface area contributed by atoms with Crippen molar-refractivity contribution in [1.82, 2.24) is 25.3 Å². The lowest BCUT2D eigenvalue weighted by atomic mass is 9.98. The summed E-state index contributed by atoms with van der Waals surface area (Å²) in [6.07, 6.45) is 3.55. The summed E-state index contributed by atoms with van der Waals surface area (Å²) in [5.74, 6) is 1.86. The van der Waals surface area contributed by atoms with Crippen molar-refractivity contribution < 1.29 is 18.8 Å². The van der Waals surface area contributed by atoms with Crippen LogP contribution in [0.25, 0.3) is 0 Å². The highest BCUT2D eigenvalue weighted by atomic mass is 16.5. The number of urea groups is 1. The second kappa shape index (κ2) is 9.31. The maximum Gasteiger partial charge on any atom is 0.317 e. The molecule has 0 aromatic carbocycles. The highest BCUT2D eigenvalue weighted by Gasteiger charge is 2.28. The van der Waals surface area contributed by atoms with Crippen molar-refractivity contribution in [3.05, 3.63) is 35.6 Å². The number of aryl methyl sites for hydroxylation is 1. The maximum atomic E-state index is 12.5. The Morgan fingerprint density at radius 1 is 1.41 bits per heavy atom. The zero-order valence-electron chi connectivity index (χ0n) is 15.7. The van der Waals surface area contributed by atoms with E-state index in [0.717, 1.165) is 24.9 Å². The van der Waals surface area contributed by atoms with Gasteiger partial charge in [-0.05, 0) is 25.3 Å². The van der Waals surface area contributed by atoms with E-state index >= 15 is 0 Å². The summed E-state index contributed by atoms with van der Waals surface area (Å²) >= 11 is 0. The van der Waals surface area contributed by atoms with Crippen LogP contribution in [0.2, 0.25) is 0 Å². The van der Waals surface area contributed by atoms with Gasteiger partial charge in [-0.1, -0.05) is 11.2 Å². The van der Waals surface area contributed by atoms with Crippen molar-refractivity contribution in [1.29, 1.82) is 0 Å². The SMILES string of the molecule is COCCOc1ccc(CNC(=O)N2CCC[C@H](c3nc(C)no3)C2)cn1. The van der Waals surface area contributed by atoms with Gasteiger partial charge in [-0.15, -0.1) is 0 Å². The lowest BCUT2D eigenvalue weighted by Crippen LogP contribution is -2.44. The Bertz CT molecular complexity index is 734. The van der Waals surface area contributed by atoms with Gasteiger partial charge in [-0.3, -0.25) is 0 Å². The molecule has 0 unspecified atom stereocenters. The number of rotatable bonds is 7. The summed E-state index contributed by atoms with van der Waals surface area (Å²) < 4.78 is 15.6. The fourth-order valence-electron chi connectivity index (χ4n) is 2.96. The van der Waals surface area contributed by atoms with Gasteiger partial charge in [0.05, 0.1) is 12.5 Å². The van der Waals surface area contributed by atoms with Crippen LogP contribution in [-0.4, -0.2) is 59.5 Å². The van der Waals surface area contributed by atoms with Crippen molar-refractivity contribution in [3.8, 4) is 5.88 Å². The number of hydrogen-bond acceptors (Lipinski definition) is 7. The van der Waals surface area contributed by atoms with E-state index < -0.39 is 0 Å². The summed E-state index contributed by atoms with van der Waals surface area (Å²) in [4.78, 5) is 22.8. The van der Waals surface area contributed by atoms with Crippen molar-refractivity contribution in [3.63, 3.8) is 0 Å². The van der Waals surface area contributed by atoms with E-state index in [1.54, 1.807) is 31.2 Å². The molecule has 0 spiro atoms. The van der Waals surface area contributed by atoms with Crippen LogP contribution in [0.5, 0.6) is 5.88 Å². The average Bonchev–Trinajstić information content (AvgIpc) is 3.14. The molecule has 1 aliphatic rings. The highest BCUT2D eigenvalue weighted by molar-refractivity contribution is 5.74. The van der Waals surface area contributed by atoms with Gasteiger partial charge in [0.25, 0.3) is 0 Å². The highest BCUT2D eigenvalue weighted by Crippen LogP contribution is 2.25. The molecule has 146 valence electrons. The minimum atomic E-state index is -0.101. The summed E-state index contributed by atoms with van der Waals surface area (Å²) in [6.45, 7) is 4.47. The molecule has 9 heteroatoms. The topological polar surface area (TPSA) is 103 Å². The number of aromatic nitrogens is 3. The number of ether oxygens (including phenoxy) is 2. The van der Waals surface area contributed by atoms with Crippen molar-refractivity contribution in [2.75, 3.05) is 33.4 Å². The van der Waals surface area contributed by atoms with Crippen LogP contribution in [0.1, 0.15) is 36.0 Å². The third kappa shape index (κ3) is 5.40. The van der Waals surface area contributed by atoms with E-state index in [0.29, 0.717) is 43.9 Å². The summed E-state index contributed by atoms with van der Waals surface area (Å²) in [6, 6.07) is 3.57. The van der Waals surface area contributed by atoms with Crippen LogP contribution in [0.3, 0.4) is 0 Å². The first-order chi connectivity index (χ1) is 13.2. The van der Waals surface area contributed by atoms with E-state index in [-0.39, 0.29) is 11.9 Å². The molecule has 1 fully saturated rings. The van der Waals surface area contributed by atoms with Crippen LogP contribution in [-0.2, 0) is 11.3 Å². The van der Waals surface area contributed by atoms with E-state index in [4.69, 9.17) is 14.0 Å². The first kappa shape index (κ1) is 19.1. The number of pyridine rings is 1. The number of methoxy groups -OCH3 is 1. The van der Waals surface area contributed by atoms with Gasteiger partial charge in [-0.25, -0.2) is 9.78 Å². The fraction of sp³-hybridized carbons (Fsp3) is 0.556. The Balaban J connectivity index is 1.47. The molecule has 3 rings (SSSR count). The third-order valence-electron chi connectivity index (χ3n) is 4.38. The third-order valence-corrected chi connectivity index (χ3v) is 4.38. The molecule has 0 aliphatic carbocycles. The van der Waals surface area contributed by atoms with Gasteiger partial charge >= 0.3 is 6.03 Å². The van der Waals surface area contributed by atoms with Gasteiger partial charge < -0.3 is 24.2 Å². The second-order valence-corrected chi connectivity index (χ2v) is 6.47. The molecule has 3 heterocycles. The Morgan fingerprint density at radius 2 is 2.30 bits per heavy atom. The molecule has 9 nitrogen and oxygen atoms in total. The molecule has 2 amide bonds. The molecule has 1 N–H and O–H groups in total. The molecular formula is C18H25N5O4. The molecule has 1 saturated heterocycles. The summed E-state index contributed by atoms with van der Waals surface area (Å²) in [5, 5.41) is 6.78. The minimum absolute atomic E-state index is 0.0934. The largest absolute Gasteiger partial charge is 0.475 e. The molecule has 2 aromatic rings. The second-order valence-electron chi connectivity index (χ2n) is 6.47. The van der Waals surface area contributed by atoms with Crippen LogP contribution in [0.4, 0.5) is 4.79 Å². The first-order valence-electron chi connectivity index (χ1n) is 9.05. The molecule has 27 heavy (non-hydrogen) atoms. The zero-order valence-corrected chi connectivity index (χ0v) is 15.7. The number of nitrogens with one attached hydrogen (secondary N) is 1. The zero-order chi connectivity index (χ0) is 19.1. The van der Waals surface area contributed by atoms with E-state index in [2.05, 4.69) is 20.4 Å². The Hall–Kier alpha value is -2.68. The Morgan fingerprint density at radius 3 is 3.00 bits per heavy atom. The molecular weight excluding hydrogens is 350 g/mol. The number of piperidine rings is 1. The first-order valence-corrected chi connectivity index (χ1v) is 9.05. The van der Waals surface area contributed by atoms with Crippen LogP contribution in [0.15, 0.2) is 22.9 Å². The quantitative estimate of drug-likeness (QED) is 0.737. The molecule has 1 atom stereocenters. The van der Waals surface area contributed by atoms with E-state index in [1.165, 1.54) is 0 Å².